The topological polar surface area (TPSA) is 50.2 Å². The molecule has 1 atom stereocenters. The van der Waals surface area contributed by atoms with E-state index in [1.165, 1.54) is 0 Å². The molecular formula is C16H19ClN4O. The number of rotatable bonds is 3. The normalized spacial score (nSPS) is 19.2. The monoisotopic (exact) mass is 318 g/mol. The number of hydrogen-bond acceptors (Lipinski definition) is 3. The Morgan fingerprint density at radius 3 is 2.91 bits per heavy atom. The summed E-state index contributed by atoms with van der Waals surface area (Å²) in [5.74, 6) is 0.0786. The lowest BCUT2D eigenvalue weighted by atomic mass is 10.2. The maximum Gasteiger partial charge on any atom is 0.234 e. The van der Waals surface area contributed by atoms with Crippen molar-refractivity contribution in [3.05, 3.63) is 46.7 Å². The Bertz CT molecular complexity index is 697. The molecule has 2 heterocycles. The van der Waals surface area contributed by atoms with Gasteiger partial charge in [0.05, 0.1) is 22.9 Å². The lowest BCUT2D eigenvalue weighted by Crippen LogP contribution is -2.52. The number of hydrogen-bond donors (Lipinski definition) is 1. The number of nitrogens with zero attached hydrogens (tertiary/aromatic N) is 3. The molecule has 1 fully saturated rings. The molecule has 6 heteroatoms. The number of nitrogens with one attached hydrogen (secondary N) is 1. The molecule has 1 aliphatic rings. The summed E-state index contributed by atoms with van der Waals surface area (Å²) in [7, 11) is 0. The Morgan fingerprint density at radius 2 is 2.18 bits per heavy atom. The predicted molar refractivity (Wildman–Crippen MR) is 86.2 cm³/mol. The highest BCUT2D eigenvalue weighted by molar-refractivity contribution is 6.32. The molecule has 0 spiro atoms. The fourth-order valence-corrected chi connectivity index (χ4v) is 3.02. The van der Waals surface area contributed by atoms with Crippen LogP contribution in [0.4, 0.5) is 0 Å². The number of piperazine rings is 1. The molecule has 1 saturated heterocycles. The van der Waals surface area contributed by atoms with Gasteiger partial charge in [-0.25, -0.2) is 4.68 Å². The molecule has 0 saturated carbocycles. The summed E-state index contributed by atoms with van der Waals surface area (Å²) in [5.41, 5.74) is 2.93. The van der Waals surface area contributed by atoms with Crippen molar-refractivity contribution in [1.82, 2.24) is 20.0 Å². The van der Waals surface area contributed by atoms with Crippen LogP contribution in [0.15, 0.2) is 30.5 Å². The number of aryl methyl sites for hydroxylation is 1. The highest BCUT2D eigenvalue weighted by atomic mass is 35.5. The first-order valence-corrected chi connectivity index (χ1v) is 7.72. The molecule has 0 bridgehead atoms. The van der Waals surface area contributed by atoms with Gasteiger partial charge in [0.1, 0.15) is 0 Å². The Labute approximate surface area is 134 Å². The molecule has 116 valence electrons. The summed E-state index contributed by atoms with van der Waals surface area (Å²) in [6.45, 7) is 6.00. The lowest BCUT2D eigenvalue weighted by molar-refractivity contribution is -0.125. The zero-order valence-corrected chi connectivity index (χ0v) is 13.5. The van der Waals surface area contributed by atoms with Crippen molar-refractivity contribution < 1.29 is 4.79 Å². The number of benzene rings is 1. The van der Waals surface area contributed by atoms with Gasteiger partial charge < -0.3 is 5.32 Å². The van der Waals surface area contributed by atoms with Gasteiger partial charge in [-0.05, 0) is 26.0 Å². The van der Waals surface area contributed by atoms with E-state index >= 15 is 0 Å². The number of carbonyl (C=O) groups is 1. The largest absolute Gasteiger partial charge is 0.351 e. The quantitative estimate of drug-likeness (QED) is 0.943. The summed E-state index contributed by atoms with van der Waals surface area (Å²) in [6, 6.07) is 7.81. The summed E-state index contributed by atoms with van der Waals surface area (Å²) < 4.78 is 1.81. The van der Waals surface area contributed by atoms with Crippen LogP contribution in [-0.4, -0.2) is 39.7 Å². The number of aromatic nitrogens is 2. The van der Waals surface area contributed by atoms with Crippen molar-refractivity contribution >= 4 is 17.5 Å². The fourth-order valence-electron chi connectivity index (χ4n) is 2.79. The second-order valence-electron chi connectivity index (χ2n) is 5.77. The zero-order valence-electron chi connectivity index (χ0n) is 12.7. The molecule has 0 radical (unpaired) electrons. The average molecular weight is 319 g/mol. The molecular weight excluding hydrogens is 300 g/mol. The summed E-state index contributed by atoms with van der Waals surface area (Å²) in [5, 5.41) is 8.15. The zero-order chi connectivity index (χ0) is 15.7. The second-order valence-corrected chi connectivity index (χ2v) is 6.18. The SMILES string of the molecule is Cc1nn(-c2ccccc2Cl)cc1CN1CC(=O)NC(C)C1. The van der Waals surface area contributed by atoms with Crippen molar-refractivity contribution in [2.24, 2.45) is 0 Å². The van der Waals surface area contributed by atoms with E-state index in [2.05, 4.69) is 15.3 Å². The van der Waals surface area contributed by atoms with Crippen LogP contribution in [0, 0.1) is 6.92 Å². The van der Waals surface area contributed by atoms with Crippen molar-refractivity contribution in [1.29, 1.82) is 0 Å². The Balaban J connectivity index is 1.81. The minimum atomic E-state index is 0.0786. The van der Waals surface area contributed by atoms with Crippen LogP contribution in [0.3, 0.4) is 0 Å². The first-order valence-electron chi connectivity index (χ1n) is 7.34. The van der Waals surface area contributed by atoms with E-state index in [1.54, 1.807) is 4.68 Å². The third-order valence-corrected chi connectivity index (χ3v) is 4.12. The molecule has 5 nitrogen and oxygen atoms in total. The molecule has 3 rings (SSSR count). The van der Waals surface area contributed by atoms with Gasteiger partial charge in [-0.1, -0.05) is 23.7 Å². The number of carbonyl (C=O) groups excluding carboxylic acids is 1. The first-order chi connectivity index (χ1) is 10.5. The minimum Gasteiger partial charge on any atom is -0.351 e. The summed E-state index contributed by atoms with van der Waals surface area (Å²) in [4.78, 5) is 13.8. The molecule has 1 aromatic carbocycles. The van der Waals surface area contributed by atoms with E-state index in [1.807, 2.05) is 44.3 Å². The molecule has 1 aromatic heterocycles. The first kappa shape index (κ1) is 15.1. The molecule has 0 aliphatic carbocycles. The highest BCUT2D eigenvalue weighted by Crippen LogP contribution is 2.21. The second kappa shape index (κ2) is 6.10. The van der Waals surface area contributed by atoms with E-state index in [4.69, 9.17) is 11.6 Å². The van der Waals surface area contributed by atoms with Gasteiger partial charge in [-0.3, -0.25) is 9.69 Å². The van der Waals surface area contributed by atoms with E-state index < -0.39 is 0 Å². The van der Waals surface area contributed by atoms with E-state index in [9.17, 15) is 4.79 Å². The maximum absolute atomic E-state index is 11.6. The molecule has 1 amide bonds. The summed E-state index contributed by atoms with van der Waals surface area (Å²) >= 11 is 6.23. The van der Waals surface area contributed by atoms with E-state index in [-0.39, 0.29) is 11.9 Å². The predicted octanol–water partition coefficient (Wildman–Crippen LogP) is 2.15. The van der Waals surface area contributed by atoms with Gasteiger partial charge in [0.15, 0.2) is 0 Å². The van der Waals surface area contributed by atoms with Gasteiger partial charge in [-0.15, -0.1) is 0 Å². The lowest BCUT2D eigenvalue weighted by Gasteiger charge is -2.30. The molecule has 1 unspecified atom stereocenters. The van der Waals surface area contributed by atoms with Crippen LogP contribution in [0.2, 0.25) is 5.02 Å². The Kier molecular flexibility index (Phi) is 4.18. The van der Waals surface area contributed by atoms with Gasteiger partial charge >= 0.3 is 0 Å². The average Bonchev–Trinajstić information content (AvgIpc) is 2.79. The number of halogens is 1. The van der Waals surface area contributed by atoms with Crippen molar-refractivity contribution in [2.45, 2.75) is 26.4 Å². The molecule has 22 heavy (non-hydrogen) atoms. The molecule has 1 N–H and O–H groups in total. The van der Waals surface area contributed by atoms with Crippen LogP contribution in [0.25, 0.3) is 5.69 Å². The van der Waals surface area contributed by atoms with Crippen LogP contribution in [0.5, 0.6) is 0 Å². The highest BCUT2D eigenvalue weighted by Gasteiger charge is 2.22. The Morgan fingerprint density at radius 1 is 1.41 bits per heavy atom. The fraction of sp³-hybridized carbons (Fsp3) is 0.375. The van der Waals surface area contributed by atoms with Crippen molar-refractivity contribution in [3.8, 4) is 5.69 Å². The standard InChI is InChI=1S/C16H19ClN4O/c1-11-7-20(10-16(22)18-11)8-13-9-21(19-12(13)2)15-6-4-3-5-14(15)17/h3-6,9,11H,7-8,10H2,1-2H3,(H,18,22). The molecule has 2 aromatic rings. The van der Waals surface area contributed by atoms with Crippen LogP contribution in [-0.2, 0) is 11.3 Å². The van der Waals surface area contributed by atoms with Gasteiger partial charge in [0.2, 0.25) is 5.91 Å². The van der Waals surface area contributed by atoms with Crippen LogP contribution in [0.1, 0.15) is 18.2 Å². The van der Waals surface area contributed by atoms with E-state index in [0.29, 0.717) is 18.1 Å². The summed E-state index contributed by atoms with van der Waals surface area (Å²) in [6.07, 6.45) is 1.99. The van der Waals surface area contributed by atoms with Gasteiger partial charge in [-0.2, -0.15) is 5.10 Å². The van der Waals surface area contributed by atoms with Gasteiger partial charge in [0.25, 0.3) is 0 Å². The van der Waals surface area contributed by atoms with Crippen molar-refractivity contribution in [2.75, 3.05) is 13.1 Å². The smallest absolute Gasteiger partial charge is 0.234 e. The number of amides is 1. The Hall–Kier alpha value is -1.85. The number of para-hydroxylation sites is 1. The molecule has 1 aliphatic heterocycles. The van der Waals surface area contributed by atoms with Gasteiger partial charge in [0, 0.05) is 30.9 Å². The van der Waals surface area contributed by atoms with E-state index in [0.717, 1.165) is 23.5 Å². The maximum atomic E-state index is 11.6. The minimum absolute atomic E-state index is 0.0786. The van der Waals surface area contributed by atoms with Crippen molar-refractivity contribution in [3.63, 3.8) is 0 Å². The van der Waals surface area contributed by atoms with Crippen LogP contribution < -0.4 is 5.32 Å². The van der Waals surface area contributed by atoms with Crippen LogP contribution >= 0.6 is 11.6 Å². The third-order valence-electron chi connectivity index (χ3n) is 3.80. The third kappa shape index (κ3) is 3.15.